The summed E-state index contributed by atoms with van der Waals surface area (Å²) in [6.45, 7) is 0.744. The van der Waals surface area contributed by atoms with E-state index in [1.165, 1.54) is 44.1 Å². The zero-order valence-electron chi connectivity index (χ0n) is 12.7. The molecule has 0 spiro atoms. The van der Waals surface area contributed by atoms with Crippen LogP contribution in [0.25, 0.3) is 0 Å². The Morgan fingerprint density at radius 3 is 2.30 bits per heavy atom. The Hall–Kier alpha value is -1.06. The van der Waals surface area contributed by atoms with Gasteiger partial charge in [0.2, 0.25) is 0 Å². The van der Waals surface area contributed by atoms with E-state index in [0.29, 0.717) is 6.10 Å². The summed E-state index contributed by atoms with van der Waals surface area (Å²) in [6.07, 6.45) is 8.26. The van der Waals surface area contributed by atoms with Crippen LogP contribution in [0.2, 0.25) is 0 Å². The number of ether oxygens (including phenoxy) is 2. The predicted molar refractivity (Wildman–Crippen MR) is 82.2 cm³/mol. The Morgan fingerprint density at radius 1 is 1.10 bits per heavy atom. The van der Waals surface area contributed by atoms with Gasteiger partial charge in [-0.15, -0.1) is 0 Å². The topological polar surface area (TPSA) is 30.5 Å². The Kier molecular flexibility index (Phi) is 6.34. The smallest absolute Gasteiger partial charge is 0.118 e. The van der Waals surface area contributed by atoms with Gasteiger partial charge in [-0.25, -0.2) is 0 Å². The molecule has 2 rings (SSSR count). The minimum absolute atomic E-state index is 0.254. The minimum atomic E-state index is 0.254. The number of likely N-dealkylation sites (N-methyl/N-ethyl adjacent to an activating group) is 1. The molecular weight excluding hydrogens is 250 g/mol. The van der Waals surface area contributed by atoms with Crippen molar-refractivity contribution in [3.05, 3.63) is 29.8 Å². The minimum Gasteiger partial charge on any atom is -0.497 e. The summed E-state index contributed by atoms with van der Waals surface area (Å²) in [4.78, 5) is 0. The summed E-state index contributed by atoms with van der Waals surface area (Å²) in [5.41, 5.74) is 1.25. The average Bonchev–Trinajstić information content (AvgIpc) is 2.77. The maximum Gasteiger partial charge on any atom is 0.118 e. The molecule has 3 nitrogen and oxygen atoms in total. The first-order chi connectivity index (χ1) is 9.83. The molecule has 3 heteroatoms. The van der Waals surface area contributed by atoms with Crippen LogP contribution in [0.15, 0.2) is 24.3 Å². The number of benzene rings is 1. The van der Waals surface area contributed by atoms with Gasteiger partial charge in [0.05, 0.1) is 25.9 Å². The SMILES string of the molecule is CNC(COC1CCCCCC1)c1ccc(OC)cc1. The van der Waals surface area contributed by atoms with E-state index in [1.54, 1.807) is 7.11 Å². The lowest BCUT2D eigenvalue weighted by Gasteiger charge is -2.21. The Balaban J connectivity index is 1.87. The van der Waals surface area contributed by atoms with Crippen molar-refractivity contribution in [3.8, 4) is 5.75 Å². The molecule has 112 valence electrons. The Morgan fingerprint density at radius 2 is 1.75 bits per heavy atom. The van der Waals surface area contributed by atoms with Crippen LogP contribution in [0, 0.1) is 0 Å². The maximum atomic E-state index is 6.13. The highest BCUT2D eigenvalue weighted by molar-refractivity contribution is 5.29. The molecule has 0 bridgehead atoms. The summed E-state index contributed by atoms with van der Waals surface area (Å²) in [5, 5.41) is 3.35. The third-order valence-corrected chi connectivity index (χ3v) is 4.17. The third kappa shape index (κ3) is 4.50. The second-order valence-corrected chi connectivity index (χ2v) is 5.56. The van der Waals surface area contributed by atoms with Crippen LogP contribution >= 0.6 is 0 Å². The Bertz CT molecular complexity index is 369. The van der Waals surface area contributed by atoms with Gasteiger partial charge in [-0.1, -0.05) is 37.8 Å². The van der Waals surface area contributed by atoms with Crippen molar-refractivity contribution in [2.45, 2.75) is 50.7 Å². The summed E-state index contributed by atoms with van der Waals surface area (Å²) < 4.78 is 11.3. The summed E-state index contributed by atoms with van der Waals surface area (Å²) >= 11 is 0. The molecule has 1 aliphatic rings. The fourth-order valence-electron chi connectivity index (χ4n) is 2.82. The highest BCUT2D eigenvalue weighted by Gasteiger charge is 2.16. The first-order valence-electron chi connectivity index (χ1n) is 7.76. The lowest BCUT2D eigenvalue weighted by atomic mass is 10.1. The summed E-state index contributed by atoms with van der Waals surface area (Å²) in [7, 11) is 3.69. The second-order valence-electron chi connectivity index (χ2n) is 5.56. The lowest BCUT2D eigenvalue weighted by molar-refractivity contribution is 0.0300. The summed E-state index contributed by atoms with van der Waals surface area (Å²) in [5.74, 6) is 0.897. The van der Waals surface area contributed by atoms with Gasteiger partial charge in [0.25, 0.3) is 0 Å². The van der Waals surface area contributed by atoms with E-state index < -0.39 is 0 Å². The zero-order valence-corrected chi connectivity index (χ0v) is 12.7. The molecule has 0 aliphatic heterocycles. The molecule has 0 radical (unpaired) electrons. The van der Waals surface area contributed by atoms with Gasteiger partial charge >= 0.3 is 0 Å². The van der Waals surface area contributed by atoms with Crippen LogP contribution in [0.3, 0.4) is 0 Å². The van der Waals surface area contributed by atoms with Crippen LogP contribution in [-0.2, 0) is 4.74 Å². The van der Waals surface area contributed by atoms with E-state index in [4.69, 9.17) is 9.47 Å². The molecule has 1 aromatic carbocycles. The van der Waals surface area contributed by atoms with E-state index >= 15 is 0 Å². The molecule has 1 atom stereocenters. The number of hydrogen-bond donors (Lipinski definition) is 1. The van der Waals surface area contributed by atoms with Crippen molar-refractivity contribution in [2.24, 2.45) is 0 Å². The van der Waals surface area contributed by atoms with Crippen LogP contribution in [0.5, 0.6) is 5.75 Å². The normalized spacial score (nSPS) is 18.5. The van der Waals surface area contributed by atoms with Gasteiger partial charge in [-0.2, -0.15) is 0 Å². The predicted octanol–water partition coefficient (Wildman–Crippen LogP) is 3.70. The maximum absolute atomic E-state index is 6.13. The van der Waals surface area contributed by atoms with Crippen LogP contribution in [0.1, 0.15) is 50.1 Å². The quantitative estimate of drug-likeness (QED) is 0.804. The van der Waals surface area contributed by atoms with E-state index in [-0.39, 0.29) is 6.04 Å². The fourth-order valence-corrected chi connectivity index (χ4v) is 2.82. The van der Waals surface area contributed by atoms with Crippen molar-refractivity contribution in [1.29, 1.82) is 0 Å². The van der Waals surface area contributed by atoms with Gasteiger partial charge in [0, 0.05) is 0 Å². The molecule has 1 aromatic rings. The van der Waals surface area contributed by atoms with Gasteiger partial charge in [-0.3, -0.25) is 0 Å². The largest absolute Gasteiger partial charge is 0.497 e. The van der Waals surface area contributed by atoms with Gasteiger partial charge < -0.3 is 14.8 Å². The molecule has 0 saturated heterocycles. The van der Waals surface area contributed by atoms with E-state index in [1.807, 2.05) is 19.2 Å². The van der Waals surface area contributed by atoms with Crippen LogP contribution in [0.4, 0.5) is 0 Å². The summed E-state index contributed by atoms with van der Waals surface area (Å²) in [6, 6.07) is 8.48. The van der Waals surface area contributed by atoms with Crippen molar-refractivity contribution in [1.82, 2.24) is 5.32 Å². The van der Waals surface area contributed by atoms with Crippen molar-refractivity contribution in [3.63, 3.8) is 0 Å². The van der Waals surface area contributed by atoms with E-state index in [2.05, 4.69) is 17.4 Å². The molecule has 0 heterocycles. The number of hydrogen-bond acceptors (Lipinski definition) is 3. The number of rotatable bonds is 6. The molecular formula is C17H27NO2. The third-order valence-electron chi connectivity index (χ3n) is 4.17. The van der Waals surface area contributed by atoms with Gasteiger partial charge in [-0.05, 0) is 37.6 Å². The molecule has 20 heavy (non-hydrogen) atoms. The van der Waals surface area contributed by atoms with Crippen molar-refractivity contribution >= 4 is 0 Å². The monoisotopic (exact) mass is 277 g/mol. The highest BCUT2D eigenvalue weighted by Crippen LogP contribution is 2.22. The molecule has 1 fully saturated rings. The number of methoxy groups -OCH3 is 1. The van der Waals surface area contributed by atoms with E-state index in [0.717, 1.165) is 12.4 Å². The van der Waals surface area contributed by atoms with Crippen LogP contribution in [-0.4, -0.2) is 26.9 Å². The highest BCUT2D eigenvalue weighted by atomic mass is 16.5. The molecule has 1 saturated carbocycles. The van der Waals surface area contributed by atoms with Gasteiger partial charge in [0.15, 0.2) is 0 Å². The standard InChI is InChI=1S/C17H27NO2/c1-18-17(14-9-11-15(19-2)12-10-14)13-20-16-7-5-3-4-6-8-16/h9-12,16-18H,3-8,13H2,1-2H3. The zero-order chi connectivity index (χ0) is 14.2. The first-order valence-corrected chi connectivity index (χ1v) is 7.76. The number of nitrogens with one attached hydrogen (secondary N) is 1. The molecule has 1 aliphatic carbocycles. The Labute approximate surface area is 122 Å². The molecule has 0 aromatic heterocycles. The second kappa shape index (κ2) is 8.28. The van der Waals surface area contributed by atoms with Gasteiger partial charge in [0.1, 0.15) is 5.75 Å². The molecule has 1 unspecified atom stereocenters. The van der Waals surface area contributed by atoms with Crippen LogP contribution < -0.4 is 10.1 Å². The van der Waals surface area contributed by atoms with E-state index in [9.17, 15) is 0 Å². The fraction of sp³-hybridized carbons (Fsp3) is 0.647. The average molecular weight is 277 g/mol. The lowest BCUT2D eigenvalue weighted by Crippen LogP contribution is -2.25. The molecule has 0 amide bonds. The molecule has 1 N–H and O–H groups in total. The first kappa shape index (κ1) is 15.3. The van der Waals surface area contributed by atoms with Crippen molar-refractivity contribution in [2.75, 3.05) is 20.8 Å². The van der Waals surface area contributed by atoms with Crippen molar-refractivity contribution < 1.29 is 9.47 Å².